The van der Waals surface area contributed by atoms with Gasteiger partial charge in [-0.15, -0.1) is 24.0 Å². The lowest BCUT2D eigenvalue weighted by molar-refractivity contribution is 0.208. The number of aryl methyl sites for hydroxylation is 2. The van der Waals surface area contributed by atoms with E-state index in [1.165, 1.54) is 11.3 Å². The van der Waals surface area contributed by atoms with Crippen molar-refractivity contribution in [2.75, 3.05) is 26.8 Å². The van der Waals surface area contributed by atoms with Crippen LogP contribution >= 0.6 is 24.0 Å². The topological polar surface area (TPSA) is 77.5 Å². The minimum absolute atomic E-state index is 0. The molecular weight excluding hydrogens is 357 g/mol. The molecule has 0 fully saturated rings. The molecule has 6 nitrogen and oxygen atoms in total. The number of nitrogens with one attached hydrogen (secondary N) is 1. The van der Waals surface area contributed by atoms with Gasteiger partial charge in [0.2, 0.25) is 0 Å². The number of guanidine groups is 1. The number of nitrogens with zero attached hydrogens (tertiary/aromatic N) is 3. The highest BCUT2D eigenvalue weighted by Crippen LogP contribution is 2.11. The molecule has 3 N–H and O–H groups in total. The van der Waals surface area contributed by atoms with Gasteiger partial charge in [-0.25, -0.2) is 0 Å². The van der Waals surface area contributed by atoms with Crippen LogP contribution in [0, 0.1) is 13.8 Å². The van der Waals surface area contributed by atoms with E-state index in [0.717, 1.165) is 18.7 Å². The van der Waals surface area contributed by atoms with Gasteiger partial charge in [0.25, 0.3) is 0 Å². The van der Waals surface area contributed by atoms with Gasteiger partial charge < -0.3 is 15.8 Å². The predicted molar refractivity (Wildman–Crippen MR) is 88.2 cm³/mol. The lowest BCUT2D eigenvalue weighted by Crippen LogP contribution is -2.33. The lowest BCUT2D eigenvalue weighted by atomic mass is 10.1. The van der Waals surface area contributed by atoms with Crippen LogP contribution in [0.2, 0.25) is 0 Å². The molecule has 0 unspecified atom stereocenters. The molecule has 0 bridgehead atoms. The van der Waals surface area contributed by atoms with Gasteiger partial charge in [-0.05, 0) is 25.8 Å². The van der Waals surface area contributed by atoms with Crippen LogP contribution < -0.4 is 11.1 Å². The zero-order valence-corrected chi connectivity index (χ0v) is 14.4. The van der Waals surface area contributed by atoms with Gasteiger partial charge in [0.1, 0.15) is 0 Å². The van der Waals surface area contributed by atoms with E-state index in [1.54, 1.807) is 7.11 Å². The summed E-state index contributed by atoms with van der Waals surface area (Å²) in [5.74, 6) is 0.464. The molecule has 7 heteroatoms. The zero-order chi connectivity index (χ0) is 13.5. The van der Waals surface area contributed by atoms with Gasteiger partial charge >= 0.3 is 0 Å². The summed E-state index contributed by atoms with van der Waals surface area (Å²) in [6.45, 7) is 6.03. The smallest absolute Gasteiger partial charge is 0.188 e. The predicted octanol–water partition coefficient (Wildman–Crippen LogP) is 0.748. The van der Waals surface area contributed by atoms with Crippen molar-refractivity contribution in [1.82, 2.24) is 15.1 Å². The van der Waals surface area contributed by atoms with Gasteiger partial charge in [-0.1, -0.05) is 0 Å². The maximum Gasteiger partial charge on any atom is 0.188 e. The van der Waals surface area contributed by atoms with E-state index in [2.05, 4.69) is 22.3 Å². The Morgan fingerprint density at radius 2 is 2.16 bits per heavy atom. The van der Waals surface area contributed by atoms with Crippen molar-refractivity contribution < 1.29 is 4.74 Å². The van der Waals surface area contributed by atoms with E-state index in [0.29, 0.717) is 19.1 Å². The number of halogens is 1. The summed E-state index contributed by atoms with van der Waals surface area (Å²) in [5, 5.41) is 7.47. The van der Waals surface area contributed by atoms with Gasteiger partial charge in [0, 0.05) is 26.4 Å². The van der Waals surface area contributed by atoms with Crippen LogP contribution in [0.15, 0.2) is 4.99 Å². The number of aromatic nitrogens is 2. The largest absolute Gasteiger partial charge is 0.383 e. The number of rotatable bonds is 6. The second-order valence-electron chi connectivity index (χ2n) is 4.21. The van der Waals surface area contributed by atoms with Crippen LogP contribution in [0.1, 0.15) is 17.0 Å². The Kier molecular flexibility index (Phi) is 8.73. The molecule has 0 aliphatic heterocycles. The molecule has 1 aromatic heterocycles. The molecule has 0 aliphatic carbocycles. The summed E-state index contributed by atoms with van der Waals surface area (Å²) in [7, 11) is 3.60. The van der Waals surface area contributed by atoms with Crippen molar-refractivity contribution >= 4 is 29.9 Å². The van der Waals surface area contributed by atoms with Crippen LogP contribution in [0.5, 0.6) is 0 Å². The first-order valence-corrected chi connectivity index (χ1v) is 6.08. The summed E-state index contributed by atoms with van der Waals surface area (Å²) in [6.07, 6.45) is 0.895. The first-order chi connectivity index (χ1) is 8.56. The number of ether oxygens (including phenoxy) is 1. The Labute approximate surface area is 131 Å². The Bertz CT molecular complexity index is 416. The number of hydrogen-bond donors (Lipinski definition) is 2. The molecule has 0 amide bonds. The van der Waals surface area contributed by atoms with E-state index >= 15 is 0 Å². The Balaban J connectivity index is 0.00000324. The molecule has 1 aromatic rings. The molecule has 0 aliphatic rings. The number of hydrogen-bond acceptors (Lipinski definition) is 3. The fraction of sp³-hybridized carbons (Fsp3) is 0.667. The van der Waals surface area contributed by atoms with Crippen LogP contribution in [-0.2, 0) is 18.2 Å². The summed E-state index contributed by atoms with van der Waals surface area (Å²) in [6, 6.07) is 0. The van der Waals surface area contributed by atoms with E-state index in [1.807, 2.05) is 18.7 Å². The second-order valence-corrected chi connectivity index (χ2v) is 4.21. The highest BCUT2D eigenvalue weighted by molar-refractivity contribution is 14.0. The molecule has 1 heterocycles. The van der Waals surface area contributed by atoms with Gasteiger partial charge in [-0.2, -0.15) is 5.10 Å². The van der Waals surface area contributed by atoms with Gasteiger partial charge in [-0.3, -0.25) is 9.67 Å². The monoisotopic (exact) mass is 381 g/mol. The average Bonchev–Trinajstić information content (AvgIpc) is 2.56. The van der Waals surface area contributed by atoms with Crippen molar-refractivity contribution in [1.29, 1.82) is 0 Å². The Morgan fingerprint density at radius 1 is 1.47 bits per heavy atom. The number of aliphatic imine (C=N–C) groups is 1. The maximum atomic E-state index is 5.72. The normalized spacial score (nSPS) is 11.3. The lowest BCUT2D eigenvalue weighted by Gasteiger charge is -2.06. The number of methoxy groups -OCH3 is 1. The second kappa shape index (κ2) is 9.13. The van der Waals surface area contributed by atoms with Gasteiger partial charge in [0.05, 0.1) is 18.8 Å². The van der Waals surface area contributed by atoms with Crippen molar-refractivity contribution in [3.63, 3.8) is 0 Å². The van der Waals surface area contributed by atoms with Crippen LogP contribution in [0.3, 0.4) is 0 Å². The van der Waals surface area contributed by atoms with Crippen molar-refractivity contribution in [2.45, 2.75) is 20.3 Å². The SMILES string of the molecule is COCCN=C(N)NCCc1c(C)nn(C)c1C.I. The van der Waals surface area contributed by atoms with E-state index < -0.39 is 0 Å². The molecule has 1 rings (SSSR count). The molecule has 0 atom stereocenters. The zero-order valence-electron chi connectivity index (χ0n) is 12.1. The van der Waals surface area contributed by atoms with Crippen molar-refractivity contribution in [2.24, 2.45) is 17.8 Å². The molecule has 110 valence electrons. The van der Waals surface area contributed by atoms with E-state index in [9.17, 15) is 0 Å². The molecular formula is C12H24IN5O. The molecule has 0 saturated heterocycles. The minimum atomic E-state index is 0. The quantitative estimate of drug-likeness (QED) is 0.330. The molecule has 0 aromatic carbocycles. The molecule has 19 heavy (non-hydrogen) atoms. The standard InChI is InChI=1S/C12H23N5O.HI/c1-9-11(10(2)17(3)16-9)5-6-14-12(13)15-7-8-18-4;/h5-8H2,1-4H3,(H3,13,14,15);1H. The third kappa shape index (κ3) is 5.77. The molecule has 0 saturated carbocycles. The van der Waals surface area contributed by atoms with Crippen LogP contribution in [0.4, 0.5) is 0 Å². The molecule has 0 spiro atoms. The highest BCUT2D eigenvalue weighted by Gasteiger charge is 2.08. The summed E-state index contributed by atoms with van der Waals surface area (Å²) >= 11 is 0. The fourth-order valence-corrected chi connectivity index (χ4v) is 1.81. The maximum absolute atomic E-state index is 5.72. The third-order valence-electron chi connectivity index (χ3n) is 2.92. The van der Waals surface area contributed by atoms with Crippen molar-refractivity contribution in [3.05, 3.63) is 17.0 Å². The first-order valence-electron chi connectivity index (χ1n) is 6.08. The van der Waals surface area contributed by atoms with E-state index in [4.69, 9.17) is 10.5 Å². The average molecular weight is 381 g/mol. The highest BCUT2D eigenvalue weighted by atomic mass is 127. The summed E-state index contributed by atoms with van der Waals surface area (Å²) < 4.78 is 6.80. The fourth-order valence-electron chi connectivity index (χ4n) is 1.81. The molecule has 0 radical (unpaired) electrons. The Hall–Kier alpha value is -0.830. The minimum Gasteiger partial charge on any atom is -0.383 e. The van der Waals surface area contributed by atoms with E-state index in [-0.39, 0.29) is 24.0 Å². The van der Waals surface area contributed by atoms with Crippen LogP contribution in [0.25, 0.3) is 0 Å². The van der Waals surface area contributed by atoms with Crippen LogP contribution in [-0.4, -0.2) is 42.5 Å². The number of nitrogens with two attached hydrogens (primary N) is 1. The summed E-state index contributed by atoms with van der Waals surface area (Å²) in [5.41, 5.74) is 9.27. The Morgan fingerprint density at radius 3 is 2.68 bits per heavy atom. The third-order valence-corrected chi connectivity index (χ3v) is 2.92. The summed E-state index contributed by atoms with van der Waals surface area (Å²) in [4.78, 5) is 4.13. The van der Waals surface area contributed by atoms with Crippen molar-refractivity contribution in [3.8, 4) is 0 Å². The first kappa shape index (κ1) is 18.2. The van der Waals surface area contributed by atoms with Gasteiger partial charge in [0.15, 0.2) is 5.96 Å².